The number of aromatic nitrogens is 2. The van der Waals surface area contributed by atoms with Crippen molar-refractivity contribution in [2.75, 3.05) is 0 Å². The van der Waals surface area contributed by atoms with Crippen LogP contribution in [0.4, 0.5) is 0 Å². The van der Waals surface area contributed by atoms with E-state index in [9.17, 15) is 4.21 Å². The lowest BCUT2D eigenvalue weighted by Crippen LogP contribution is -2.24. The minimum Gasteiger partial charge on any atom is -0.250 e. The molecule has 1 atom stereocenters. The molecule has 0 fully saturated rings. The number of hydrogen-bond acceptors (Lipinski definition) is 3. The van der Waals surface area contributed by atoms with Crippen LogP contribution in [-0.4, -0.2) is 14.2 Å². The maximum atomic E-state index is 10.8. The number of hydrogen-bond donors (Lipinski definition) is 0. The summed E-state index contributed by atoms with van der Waals surface area (Å²) in [6.45, 7) is 0. The molecule has 0 saturated carbocycles. The van der Waals surface area contributed by atoms with Crippen LogP contribution in [0.1, 0.15) is 0 Å². The van der Waals surface area contributed by atoms with Crippen LogP contribution in [0.2, 0.25) is 0 Å². The second-order valence-corrected chi connectivity index (χ2v) is 3.06. The molecule has 1 unspecified atom stereocenters. The second kappa shape index (κ2) is 1.98. The molecule has 1 aromatic rings. The molecule has 2 rings (SSSR count). The van der Waals surface area contributed by atoms with Gasteiger partial charge in [-0.15, -0.1) is 0 Å². The zero-order chi connectivity index (χ0) is 6.97. The van der Waals surface area contributed by atoms with E-state index in [0.29, 0.717) is 0 Å². The Morgan fingerprint density at radius 3 is 3.10 bits per heavy atom. The molecule has 0 aliphatic carbocycles. The Balaban J connectivity index is 2.96. The molecular weight excluding hydrogens is 148 g/mol. The van der Waals surface area contributed by atoms with E-state index in [2.05, 4.69) is 9.97 Å². The van der Waals surface area contributed by atoms with E-state index in [0.717, 1.165) is 10.6 Å². The highest BCUT2D eigenvalue weighted by Gasteiger charge is 1.98. The molecule has 0 saturated heterocycles. The van der Waals surface area contributed by atoms with Crippen LogP contribution in [0, 0.1) is 0 Å². The average Bonchev–Trinajstić information content (AvgIpc) is 2.27. The van der Waals surface area contributed by atoms with Crippen molar-refractivity contribution in [1.82, 2.24) is 9.97 Å². The van der Waals surface area contributed by atoms with Crippen LogP contribution in [0.15, 0.2) is 12.5 Å². The summed E-state index contributed by atoms with van der Waals surface area (Å²) in [5.41, 5.74) is 0. The molecule has 3 nitrogen and oxygen atoms in total. The van der Waals surface area contributed by atoms with Gasteiger partial charge in [-0.2, -0.15) is 0 Å². The Morgan fingerprint density at radius 1 is 1.40 bits per heavy atom. The quantitative estimate of drug-likeness (QED) is 0.465. The number of rotatable bonds is 0. The number of nitrogens with zero attached hydrogens (tertiary/aromatic N) is 2. The van der Waals surface area contributed by atoms with E-state index in [1.807, 2.05) is 0 Å². The van der Waals surface area contributed by atoms with Gasteiger partial charge in [0.25, 0.3) is 0 Å². The van der Waals surface area contributed by atoms with E-state index >= 15 is 0 Å². The molecule has 1 aromatic heterocycles. The predicted molar refractivity (Wildman–Crippen MR) is 38.4 cm³/mol. The fourth-order valence-corrected chi connectivity index (χ4v) is 1.73. The van der Waals surface area contributed by atoms with E-state index < -0.39 is 10.8 Å². The van der Waals surface area contributed by atoms with Gasteiger partial charge in [-0.3, -0.25) is 4.21 Å². The van der Waals surface area contributed by atoms with Gasteiger partial charge in [-0.1, -0.05) is 0 Å². The highest BCUT2D eigenvalue weighted by Crippen LogP contribution is 1.86. The summed E-state index contributed by atoms with van der Waals surface area (Å²) in [6, 6.07) is 0. The van der Waals surface area contributed by atoms with Crippen molar-refractivity contribution in [3.8, 4) is 0 Å². The summed E-state index contributed by atoms with van der Waals surface area (Å²) in [5, 5.41) is 4.88. The predicted octanol–water partition coefficient (Wildman–Crippen LogP) is -1.29. The van der Waals surface area contributed by atoms with Crippen molar-refractivity contribution in [3.63, 3.8) is 0 Å². The summed E-state index contributed by atoms with van der Waals surface area (Å²) in [7, 11) is -0.972. The van der Waals surface area contributed by atoms with Crippen LogP contribution in [0.3, 0.4) is 0 Å². The standard InChI is InChI=1S/C6H4N2OS/c9-10-2-5-1-7-4-8-6(5)3-10/h1-4H. The third kappa shape index (κ3) is 0.769. The molecule has 0 aromatic carbocycles. The normalized spacial score (nSPS) is 21.0. The van der Waals surface area contributed by atoms with E-state index in [4.69, 9.17) is 0 Å². The zero-order valence-corrected chi connectivity index (χ0v) is 5.84. The van der Waals surface area contributed by atoms with Gasteiger partial charge in [0.2, 0.25) is 0 Å². The first-order valence-electron chi connectivity index (χ1n) is 2.75. The topological polar surface area (TPSA) is 42.9 Å². The van der Waals surface area contributed by atoms with Crippen LogP contribution in [0.5, 0.6) is 0 Å². The Labute approximate surface area is 59.6 Å². The molecule has 1 aliphatic heterocycles. The van der Waals surface area contributed by atoms with Gasteiger partial charge in [0.1, 0.15) is 6.33 Å². The van der Waals surface area contributed by atoms with Gasteiger partial charge >= 0.3 is 0 Å². The molecule has 10 heavy (non-hydrogen) atoms. The molecule has 50 valence electrons. The van der Waals surface area contributed by atoms with Crippen LogP contribution in [0.25, 0.3) is 10.8 Å². The van der Waals surface area contributed by atoms with Gasteiger partial charge in [-0.05, 0) is 0 Å². The molecule has 0 amide bonds. The Hall–Kier alpha value is -1.03. The van der Waals surface area contributed by atoms with Crippen LogP contribution >= 0.6 is 0 Å². The van der Waals surface area contributed by atoms with Crippen molar-refractivity contribution < 1.29 is 4.21 Å². The van der Waals surface area contributed by atoms with Gasteiger partial charge in [0, 0.05) is 22.2 Å². The monoisotopic (exact) mass is 152 g/mol. The largest absolute Gasteiger partial charge is 0.250 e. The maximum absolute atomic E-state index is 10.8. The fraction of sp³-hybridized carbons (Fsp3) is 0. The summed E-state index contributed by atoms with van der Waals surface area (Å²) >= 11 is 0. The fourth-order valence-electron chi connectivity index (χ4n) is 0.808. The minimum atomic E-state index is -0.972. The highest BCUT2D eigenvalue weighted by atomic mass is 32.2. The molecular formula is C6H4N2OS. The first-order chi connectivity index (χ1) is 4.86. The van der Waals surface area contributed by atoms with E-state index in [-0.39, 0.29) is 0 Å². The van der Waals surface area contributed by atoms with Crippen LogP contribution in [-0.2, 0) is 10.8 Å². The SMILES string of the molecule is O=S1C=c2cncnc2=C1. The van der Waals surface area contributed by atoms with Gasteiger partial charge in [0.15, 0.2) is 0 Å². The molecule has 4 heteroatoms. The Kier molecular flexibility index (Phi) is 1.14. The summed E-state index contributed by atoms with van der Waals surface area (Å²) in [5.74, 6) is 0. The Bertz CT molecular complexity index is 361. The van der Waals surface area contributed by atoms with Gasteiger partial charge in [-0.25, -0.2) is 9.97 Å². The highest BCUT2D eigenvalue weighted by molar-refractivity contribution is 8.00. The zero-order valence-electron chi connectivity index (χ0n) is 5.02. The summed E-state index contributed by atoms with van der Waals surface area (Å²) in [4.78, 5) is 7.71. The molecule has 0 N–H and O–H groups in total. The van der Waals surface area contributed by atoms with Gasteiger partial charge in [0.05, 0.1) is 16.1 Å². The first kappa shape index (κ1) is 5.73. The number of fused-ring (bicyclic) bond motifs is 1. The lowest BCUT2D eigenvalue weighted by Gasteiger charge is -1.77. The molecule has 0 radical (unpaired) electrons. The second-order valence-electron chi connectivity index (χ2n) is 1.93. The van der Waals surface area contributed by atoms with E-state index in [1.165, 1.54) is 6.33 Å². The van der Waals surface area contributed by atoms with Crippen LogP contribution < -0.4 is 10.6 Å². The summed E-state index contributed by atoms with van der Waals surface area (Å²) in [6.07, 6.45) is 3.11. The first-order valence-corrected chi connectivity index (χ1v) is 4.03. The minimum absolute atomic E-state index is 0.772. The van der Waals surface area contributed by atoms with Crippen molar-refractivity contribution >= 4 is 21.6 Å². The lowest BCUT2D eigenvalue weighted by molar-refractivity contribution is 0.695. The molecule has 1 aliphatic rings. The smallest absolute Gasteiger partial charge is 0.116 e. The van der Waals surface area contributed by atoms with Crippen molar-refractivity contribution in [2.45, 2.75) is 0 Å². The van der Waals surface area contributed by atoms with Crippen molar-refractivity contribution in [2.24, 2.45) is 0 Å². The average molecular weight is 152 g/mol. The van der Waals surface area contributed by atoms with Gasteiger partial charge < -0.3 is 0 Å². The third-order valence-electron chi connectivity index (χ3n) is 1.24. The van der Waals surface area contributed by atoms with Crippen molar-refractivity contribution in [3.05, 3.63) is 23.1 Å². The third-order valence-corrected chi connectivity index (χ3v) is 2.19. The Morgan fingerprint density at radius 2 is 2.30 bits per heavy atom. The summed E-state index contributed by atoms with van der Waals surface area (Å²) < 4.78 is 10.8. The molecule has 2 heterocycles. The molecule has 0 spiro atoms. The molecule has 0 bridgehead atoms. The maximum Gasteiger partial charge on any atom is 0.116 e. The van der Waals surface area contributed by atoms with Crippen molar-refractivity contribution in [1.29, 1.82) is 0 Å². The lowest BCUT2D eigenvalue weighted by atomic mass is 10.5. The van der Waals surface area contributed by atoms with E-state index in [1.54, 1.807) is 17.0 Å².